The number of methoxy groups -OCH3 is 1. The van der Waals surface area contributed by atoms with Crippen LogP contribution in [0.5, 0.6) is 5.75 Å². The van der Waals surface area contributed by atoms with Gasteiger partial charge in [-0.2, -0.15) is 9.50 Å². The average molecular weight is 353 g/mol. The van der Waals surface area contributed by atoms with Gasteiger partial charge in [0.1, 0.15) is 5.75 Å². The first-order valence-electron chi connectivity index (χ1n) is 7.54. The summed E-state index contributed by atoms with van der Waals surface area (Å²) < 4.78 is 6.46. The van der Waals surface area contributed by atoms with Gasteiger partial charge in [0.2, 0.25) is 0 Å². The minimum absolute atomic E-state index is 0.239. The third-order valence-corrected chi connectivity index (χ3v) is 4.05. The Hall–Kier alpha value is -3.12. The molecule has 1 N–H and O–H groups in total. The van der Waals surface area contributed by atoms with E-state index >= 15 is 0 Å². The normalized spacial score (nSPS) is 11.0. The lowest BCUT2D eigenvalue weighted by Gasteiger charge is -2.02. The number of nitrogens with one attached hydrogen (secondary N) is 1. The molecule has 0 aliphatic carbocycles. The Kier molecular flexibility index (Phi) is 3.74. The van der Waals surface area contributed by atoms with E-state index in [1.807, 2.05) is 36.4 Å². The van der Waals surface area contributed by atoms with Crippen molar-refractivity contribution >= 4 is 17.4 Å². The van der Waals surface area contributed by atoms with Crippen molar-refractivity contribution in [1.82, 2.24) is 19.6 Å². The summed E-state index contributed by atoms with van der Waals surface area (Å²) >= 11 is 6.02. The third kappa shape index (κ3) is 2.88. The molecule has 0 bridgehead atoms. The molecule has 0 saturated carbocycles. The Morgan fingerprint density at radius 2 is 1.84 bits per heavy atom. The van der Waals surface area contributed by atoms with Crippen LogP contribution < -0.4 is 10.3 Å². The molecule has 7 heteroatoms. The minimum atomic E-state index is -0.239. The highest BCUT2D eigenvalue weighted by molar-refractivity contribution is 6.30. The fourth-order valence-electron chi connectivity index (χ4n) is 2.56. The molecule has 4 aromatic rings. The van der Waals surface area contributed by atoms with Crippen LogP contribution >= 0.6 is 11.6 Å². The predicted molar refractivity (Wildman–Crippen MR) is 96.0 cm³/mol. The maximum atomic E-state index is 12.4. The van der Waals surface area contributed by atoms with E-state index in [2.05, 4.69) is 15.1 Å². The Morgan fingerprint density at radius 3 is 2.56 bits per heavy atom. The van der Waals surface area contributed by atoms with Crippen LogP contribution in [0, 0.1) is 0 Å². The molecular formula is C18H13ClN4O2. The Bertz CT molecular complexity index is 1120. The van der Waals surface area contributed by atoms with E-state index in [1.54, 1.807) is 19.2 Å². The molecule has 0 fully saturated rings. The summed E-state index contributed by atoms with van der Waals surface area (Å²) in [4.78, 5) is 21.3. The monoisotopic (exact) mass is 352 g/mol. The molecular weight excluding hydrogens is 340 g/mol. The largest absolute Gasteiger partial charge is 0.497 e. The van der Waals surface area contributed by atoms with Crippen LogP contribution in [0.4, 0.5) is 0 Å². The van der Waals surface area contributed by atoms with E-state index in [1.165, 1.54) is 10.6 Å². The molecule has 2 aromatic heterocycles. The first-order chi connectivity index (χ1) is 12.1. The number of halogens is 1. The van der Waals surface area contributed by atoms with E-state index in [4.69, 9.17) is 16.3 Å². The van der Waals surface area contributed by atoms with Gasteiger partial charge in [-0.15, -0.1) is 0 Å². The number of hydrogen-bond acceptors (Lipinski definition) is 4. The molecule has 0 atom stereocenters. The van der Waals surface area contributed by atoms with Gasteiger partial charge in [-0.05, 0) is 36.4 Å². The van der Waals surface area contributed by atoms with E-state index in [0.717, 1.165) is 16.9 Å². The molecule has 124 valence electrons. The van der Waals surface area contributed by atoms with Crippen LogP contribution in [-0.4, -0.2) is 26.7 Å². The van der Waals surface area contributed by atoms with E-state index in [-0.39, 0.29) is 5.56 Å². The van der Waals surface area contributed by atoms with E-state index < -0.39 is 0 Å². The lowest BCUT2D eigenvalue weighted by Crippen LogP contribution is -2.14. The van der Waals surface area contributed by atoms with Crippen molar-refractivity contribution in [3.63, 3.8) is 0 Å². The van der Waals surface area contributed by atoms with Gasteiger partial charge in [0.25, 0.3) is 11.3 Å². The SMILES string of the molecule is COc1ccc(-c2cc(=O)n3[nH]c(-c4cccc(Cl)c4)nc3n2)cc1. The van der Waals surface area contributed by atoms with Gasteiger partial charge in [0.05, 0.1) is 12.8 Å². The van der Waals surface area contributed by atoms with Crippen LogP contribution in [0.25, 0.3) is 28.4 Å². The molecule has 6 nitrogen and oxygen atoms in total. The molecule has 2 heterocycles. The Labute approximate surface area is 147 Å². The topological polar surface area (TPSA) is 72.3 Å². The van der Waals surface area contributed by atoms with Crippen LogP contribution in [0.2, 0.25) is 5.02 Å². The van der Waals surface area contributed by atoms with Gasteiger partial charge in [-0.3, -0.25) is 9.89 Å². The zero-order valence-corrected chi connectivity index (χ0v) is 14.0. The van der Waals surface area contributed by atoms with Gasteiger partial charge in [0, 0.05) is 22.2 Å². The fraction of sp³-hybridized carbons (Fsp3) is 0.0556. The fourth-order valence-corrected chi connectivity index (χ4v) is 2.75. The van der Waals surface area contributed by atoms with Crippen LogP contribution in [0.15, 0.2) is 59.4 Å². The van der Waals surface area contributed by atoms with Crippen LogP contribution in [0.1, 0.15) is 0 Å². The van der Waals surface area contributed by atoms with E-state index in [9.17, 15) is 4.79 Å². The second kappa shape index (κ2) is 6.07. The van der Waals surface area contributed by atoms with Gasteiger partial charge >= 0.3 is 0 Å². The molecule has 0 aliphatic heterocycles. The summed E-state index contributed by atoms with van der Waals surface area (Å²) in [5.74, 6) is 1.57. The smallest absolute Gasteiger partial charge is 0.274 e. The number of fused-ring (bicyclic) bond motifs is 1. The number of H-pyrrole nitrogens is 1. The van der Waals surface area contributed by atoms with Crippen molar-refractivity contribution in [1.29, 1.82) is 0 Å². The average Bonchev–Trinajstić information content (AvgIpc) is 3.07. The standard InChI is InChI=1S/C18H13ClN4O2/c1-25-14-7-5-11(6-8-14)15-10-16(24)23-18(20-15)21-17(22-23)12-3-2-4-13(19)9-12/h2-10H,1H3,(H,20,21,22). The van der Waals surface area contributed by atoms with Crippen LogP contribution in [0.3, 0.4) is 0 Å². The zero-order chi connectivity index (χ0) is 17.4. The highest BCUT2D eigenvalue weighted by atomic mass is 35.5. The number of benzene rings is 2. The molecule has 0 radical (unpaired) electrons. The second-order valence-corrected chi connectivity index (χ2v) is 5.86. The number of rotatable bonds is 3. The van der Waals surface area contributed by atoms with Crippen molar-refractivity contribution in [2.45, 2.75) is 0 Å². The maximum absolute atomic E-state index is 12.4. The molecule has 0 aliphatic rings. The van der Waals surface area contributed by atoms with Crippen molar-refractivity contribution in [3.8, 4) is 28.4 Å². The van der Waals surface area contributed by atoms with Gasteiger partial charge < -0.3 is 4.74 Å². The van der Waals surface area contributed by atoms with Crippen molar-refractivity contribution in [2.75, 3.05) is 7.11 Å². The maximum Gasteiger partial charge on any atom is 0.274 e. The third-order valence-electron chi connectivity index (χ3n) is 3.81. The zero-order valence-electron chi connectivity index (χ0n) is 13.2. The van der Waals surface area contributed by atoms with Gasteiger partial charge in [-0.25, -0.2) is 4.98 Å². The highest BCUT2D eigenvalue weighted by Gasteiger charge is 2.11. The molecule has 25 heavy (non-hydrogen) atoms. The number of ether oxygens (including phenoxy) is 1. The summed E-state index contributed by atoms with van der Waals surface area (Å²) in [5.41, 5.74) is 1.91. The molecule has 0 unspecified atom stereocenters. The van der Waals surface area contributed by atoms with E-state index in [0.29, 0.717) is 22.3 Å². The first-order valence-corrected chi connectivity index (χ1v) is 7.92. The summed E-state index contributed by atoms with van der Waals surface area (Å²) in [5, 5.41) is 3.55. The lowest BCUT2D eigenvalue weighted by atomic mass is 10.1. The summed E-state index contributed by atoms with van der Waals surface area (Å²) in [6.07, 6.45) is 0. The Morgan fingerprint density at radius 1 is 1.04 bits per heavy atom. The van der Waals surface area contributed by atoms with Gasteiger partial charge in [-0.1, -0.05) is 23.7 Å². The number of aromatic amines is 1. The number of hydrogen-bond donors (Lipinski definition) is 1. The predicted octanol–water partition coefficient (Wildman–Crippen LogP) is 3.41. The van der Waals surface area contributed by atoms with Crippen LogP contribution in [-0.2, 0) is 0 Å². The number of aromatic nitrogens is 4. The summed E-state index contributed by atoms with van der Waals surface area (Å²) in [6.45, 7) is 0. The second-order valence-electron chi connectivity index (χ2n) is 5.43. The highest BCUT2D eigenvalue weighted by Crippen LogP contribution is 2.22. The lowest BCUT2D eigenvalue weighted by molar-refractivity contribution is 0.415. The van der Waals surface area contributed by atoms with Gasteiger partial charge in [0.15, 0.2) is 5.82 Å². The summed E-state index contributed by atoms with van der Waals surface area (Å²) in [6, 6.07) is 16.0. The first kappa shape index (κ1) is 15.4. The molecule has 0 spiro atoms. The molecule has 0 amide bonds. The van der Waals surface area contributed by atoms with Crippen molar-refractivity contribution < 1.29 is 4.74 Å². The quantitative estimate of drug-likeness (QED) is 0.613. The molecule has 2 aromatic carbocycles. The number of nitrogens with zero attached hydrogens (tertiary/aromatic N) is 3. The minimum Gasteiger partial charge on any atom is -0.497 e. The summed E-state index contributed by atoms with van der Waals surface area (Å²) in [7, 11) is 1.60. The molecule has 4 rings (SSSR count). The molecule has 0 saturated heterocycles. The van der Waals surface area contributed by atoms with Crippen molar-refractivity contribution in [3.05, 3.63) is 70.0 Å². The Balaban J connectivity index is 1.82. The van der Waals surface area contributed by atoms with Crippen molar-refractivity contribution in [2.24, 2.45) is 0 Å².